The van der Waals surface area contributed by atoms with Gasteiger partial charge in [0.05, 0.1) is 0 Å². The fourth-order valence-electron chi connectivity index (χ4n) is 1.78. The van der Waals surface area contributed by atoms with Gasteiger partial charge < -0.3 is 10.2 Å². The van der Waals surface area contributed by atoms with Gasteiger partial charge in [0.25, 0.3) is 0 Å². The number of hydrogen-bond acceptors (Lipinski definition) is 4. The number of nitrogens with zero attached hydrogens (tertiary/aromatic N) is 3. The fraction of sp³-hybridized carbons (Fsp3) is 0.692. The van der Waals surface area contributed by atoms with Crippen LogP contribution in [0.4, 0.5) is 11.6 Å². The summed E-state index contributed by atoms with van der Waals surface area (Å²) in [6.07, 6.45) is 6.40. The zero-order chi connectivity index (χ0) is 13.4. The van der Waals surface area contributed by atoms with Crippen molar-refractivity contribution in [3.63, 3.8) is 0 Å². The first kappa shape index (κ1) is 15.2. The molecule has 4 nitrogen and oxygen atoms in total. The van der Waals surface area contributed by atoms with Gasteiger partial charge in [-0.25, -0.2) is 9.97 Å². The van der Waals surface area contributed by atoms with Crippen molar-refractivity contribution in [3.05, 3.63) is 10.8 Å². The highest BCUT2D eigenvalue weighted by Gasteiger charge is 2.14. The molecule has 0 aliphatic heterocycles. The lowest BCUT2D eigenvalue weighted by atomic mass is 10.2. The smallest absolute Gasteiger partial charge is 0.148 e. The molecule has 0 aliphatic rings. The first-order chi connectivity index (χ1) is 8.74. The van der Waals surface area contributed by atoms with E-state index in [9.17, 15) is 0 Å². The second kappa shape index (κ2) is 8.29. The minimum Gasteiger partial charge on any atom is -0.372 e. The van der Waals surface area contributed by atoms with Crippen molar-refractivity contribution in [2.75, 3.05) is 30.4 Å². The Labute approximate surface area is 118 Å². The number of unbranched alkanes of at least 4 members (excludes halogenated alkanes) is 2. The molecule has 0 fully saturated rings. The van der Waals surface area contributed by atoms with Crippen LogP contribution in [-0.4, -0.2) is 30.1 Å². The van der Waals surface area contributed by atoms with Gasteiger partial charge in [-0.3, -0.25) is 0 Å². The van der Waals surface area contributed by atoms with E-state index in [1.54, 1.807) is 6.33 Å². The van der Waals surface area contributed by atoms with E-state index in [0.29, 0.717) is 0 Å². The van der Waals surface area contributed by atoms with Crippen molar-refractivity contribution >= 4 is 27.6 Å². The molecule has 0 bridgehead atoms. The van der Waals surface area contributed by atoms with Crippen LogP contribution in [0.1, 0.15) is 39.5 Å². The molecule has 1 aromatic rings. The van der Waals surface area contributed by atoms with E-state index in [0.717, 1.165) is 29.2 Å². The minimum atomic E-state index is 0.845. The largest absolute Gasteiger partial charge is 0.372 e. The summed E-state index contributed by atoms with van der Waals surface area (Å²) in [7, 11) is 1.87. The summed E-state index contributed by atoms with van der Waals surface area (Å²) in [6, 6.07) is 0. The Morgan fingerprint density at radius 3 is 2.28 bits per heavy atom. The van der Waals surface area contributed by atoms with Crippen molar-refractivity contribution < 1.29 is 0 Å². The fourth-order valence-corrected chi connectivity index (χ4v) is 2.43. The van der Waals surface area contributed by atoms with Gasteiger partial charge in [-0.15, -0.1) is 0 Å². The topological polar surface area (TPSA) is 41.1 Å². The van der Waals surface area contributed by atoms with E-state index in [2.05, 4.69) is 50.0 Å². The lowest BCUT2D eigenvalue weighted by Crippen LogP contribution is -2.27. The summed E-state index contributed by atoms with van der Waals surface area (Å²) in [5.74, 6) is 1.84. The van der Waals surface area contributed by atoms with E-state index in [-0.39, 0.29) is 0 Å². The van der Waals surface area contributed by atoms with E-state index in [1.165, 1.54) is 25.7 Å². The summed E-state index contributed by atoms with van der Waals surface area (Å²) < 4.78 is 0.958. The van der Waals surface area contributed by atoms with Gasteiger partial charge in [0, 0.05) is 20.1 Å². The molecule has 1 heterocycles. The first-order valence-corrected chi connectivity index (χ1v) is 7.47. The van der Waals surface area contributed by atoms with Crippen molar-refractivity contribution in [1.82, 2.24) is 9.97 Å². The number of aromatic nitrogens is 2. The Balaban J connectivity index is 2.88. The number of halogens is 1. The molecule has 0 unspecified atom stereocenters. The van der Waals surface area contributed by atoms with E-state index >= 15 is 0 Å². The summed E-state index contributed by atoms with van der Waals surface area (Å²) >= 11 is 3.60. The Bertz CT molecular complexity index is 349. The van der Waals surface area contributed by atoms with Gasteiger partial charge in [0.15, 0.2) is 0 Å². The molecule has 1 aromatic heterocycles. The molecule has 5 heteroatoms. The molecule has 0 spiro atoms. The minimum absolute atomic E-state index is 0.845. The van der Waals surface area contributed by atoms with Crippen LogP contribution in [0, 0.1) is 0 Å². The predicted octanol–water partition coefficient (Wildman–Crippen LogP) is 3.69. The van der Waals surface area contributed by atoms with Crippen molar-refractivity contribution in [3.8, 4) is 0 Å². The number of anilines is 2. The maximum absolute atomic E-state index is 4.42. The maximum atomic E-state index is 4.42. The van der Waals surface area contributed by atoms with Crippen molar-refractivity contribution in [2.45, 2.75) is 39.5 Å². The molecule has 18 heavy (non-hydrogen) atoms. The van der Waals surface area contributed by atoms with E-state index in [4.69, 9.17) is 0 Å². The monoisotopic (exact) mass is 314 g/mol. The molecule has 0 amide bonds. The lowest BCUT2D eigenvalue weighted by molar-refractivity contribution is 0.669. The normalized spacial score (nSPS) is 10.4. The van der Waals surface area contributed by atoms with Crippen molar-refractivity contribution in [1.29, 1.82) is 0 Å². The van der Waals surface area contributed by atoms with Crippen LogP contribution in [0.25, 0.3) is 0 Å². The average Bonchev–Trinajstić information content (AvgIpc) is 2.40. The highest BCUT2D eigenvalue weighted by atomic mass is 79.9. The Kier molecular flexibility index (Phi) is 7.01. The van der Waals surface area contributed by atoms with E-state index in [1.807, 2.05) is 7.05 Å². The maximum Gasteiger partial charge on any atom is 0.148 e. The Morgan fingerprint density at radius 2 is 1.78 bits per heavy atom. The molecule has 0 aliphatic carbocycles. The summed E-state index contributed by atoms with van der Waals surface area (Å²) in [6.45, 7) is 6.53. The van der Waals surface area contributed by atoms with Gasteiger partial charge in [-0.05, 0) is 28.8 Å². The van der Waals surface area contributed by atoms with Crippen LogP contribution in [-0.2, 0) is 0 Å². The zero-order valence-corrected chi connectivity index (χ0v) is 13.1. The molecule has 0 atom stereocenters. The highest BCUT2D eigenvalue weighted by Crippen LogP contribution is 2.29. The Morgan fingerprint density at radius 1 is 1.17 bits per heavy atom. The average molecular weight is 315 g/mol. The molecule has 0 radical (unpaired) electrons. The third-order valence-corrected chi connectivity index (χ3v) is 3.60. The van der Waals surface area contributed by atoms with Crippen LogP contribution in [0.2, 0.25) is 0 Å². The lowest BCUT2D eigenvalue weighted by Gasteiger charge is -2.24. The van der Waals surface area contributed by atoms with Crippen LogP contribution >= 0.6 is 15.9 Å². The molecule has 0 aromatic carbocycles. The number of hydrogen-bond donors (Lipinski definition) is 1. The predicted molar refractivity (Wildman–Crippen MR) is 81.3 cm³/mol. The summed E-state index contributed by atoms with van der Waals surface area (Å²) in [4.78, 5) is 11.0. The Hall–Kier alpha value is -0.840. The summed E-state index contributed by atoms with van der Waals surface area (Å²) in [5.41, 5.74) is 0. The zero-order valence-electron chi connectivity index (χ0n) is 11.5. The molecule has 102 valence electrons. The van der Waals surface area contributed by atoms with Gasteiger partial charge in [0.1, 0.15) is 22.4 Å². The standard InChI is InChI=1S/C13H23BrN4/c1-4-6-8-18(9-7-5-2)13-11(14)12(15-3)16-10-17-13/h10H,4-9H2,1-3H3,(H,15,16,17). The molecule has 0 saturated carbocycles. The van der Waals surface area contributed by atoms with Crippen LogP contribution < -0.4 is 10.2 Å². The molecular weight excluding hydrogens is 292 g/mol. The van der Waals surface area contributed by atoms with E-state index < -0.39 is 0 Å². The van der Waals surface area contributed by atoms with Gasteiger partial charge in [-0.2, -0.15) is 0 Å². The third-order valence-electron chi connectivity index (χ3n) is 2.87. The molecular formula is C13H23BrN4. The van der Waals surface area contributed by atoms with Crippen LogP contribution in [0.15, 0.2) is 10.8 Å². The quantitative estimate of drug-likeness (QED) is 0.794. The SMILES string of the molecule is CCCCN(CCCC)c1ncnc(NC)c1Br. The van der Waals surface area contributed by atoms with Gasteiger partial charge in [-0.1, -0.05) is 26.7 Å². The third kappa shape index (κ3) is 4.12. The second-order valence-electron chi connectivity index (χ2n) is 4.30. The van der Waals surface area contributed by atoms with Crippen molar-refractivity contribution in [2.24, 2.45) is 0 Å². The number of nitrogens with one attached hydrogen (secondary N) is 1. The molecule has 0 saturated heterocycles. The van der Waals surface area contributed by atoms with Gasteiger partial charge in [0.2, 0.25) is 0 Å². The summed E-state index contributed by atoms with van der Waals surface area (Å²) in [5, 5.41) is 3.08. The number of rotatable bonds is 8. The van der Waals surface area contributed by atoms with Gasteiger partial charge >= 0.3 is 0 Å². The highest BCUT2D eigenvalue weighted by molar-refractivity contribution is 9.10. The van der Waals surface area contributed by atoms with Crippen LogP contribution in [0.5, 0.6) is 0 Å². The molecule has 1 rings (SSSR count). The second-order valence-corrected chi connectivity index (χ2v) is 5.10. The molecule has 1 N–H and O–H groups in total. The van der Waals surface area contributed by atoms with Crippen LogP contribution in [0.3, 0.4) is 0 Å². The first-order valence-electron chi connectivity index (χ1n) is 6.67.